The molecule has 1 aliphatic heterocycles. The van der Waals surface area contributed by atoms with Gasteiger partial charge in [0.2, 0.25) is 5.91 Å². The molecule has 0 saturated carbocycles. The monoisotopic (exact) mass is 424 g/mol. The molecule has 1 atom stereocenters. The second kappa shape index (κ2) is 8.48. The van der Waals surface area contributed by atoms with Gasteiger partial charge in [-0.1, -0.05) is 42.8 Å². The number of nitrogens with zero attached hydrogens (tertiary/aromatic N) is 3. The van der Waals surface area contributed by atoms with Gasteiger partial charge in [0.1, 0.15) is 6.54 Å². The van der Waals surface area contributed by atoms with Gasteiger partial charge in [0.05, 0.1) is 5.39 Å². The Morgan fingerprint density at radius 2 is 1.97 bits per heavy atom. The van der Waals surface area contributed by atoms with E-state index in [-0.39, 0.29) is 18.0 Å². The van der Waals surface area contributed by atoms with Crippen LogP contribution < -0.4 is 15.8 Å². The van der Waals surface area contributed by atoms with Crippen LogP contribution in [0.3, 0.4) is 0 Å². The highest BCUT2D eigenvalue weighted by Gasteiger charge is 2.22. The Labute approximate surface area is 180 Å². The van der Waals surface area contributed by atoms with E-state index in [1.165, 1.54) is 11.1 Å². The average molecular weight is 425 g/mol. The number of hydrogen-bond donors (Lipinski definition) is 1. The van der Waals surface area contributed by atoms with Gasteiger partial charge < -0.3 is 10.2 Å². The van der Waals surface area contributed by atoms with Crippen LogP contribution in [0.1, 0.15) is 25.3 Å². The third-order valence-electron chi connectivity index (χ3n) is 5.64. The first kappa shape index (κ1) is 20.4. The summed E-state index contributed by atoms with van der Waals surface area (Å²) in [4.78, 5) is 28.0. The van der Waals surface area contributed by atoms with E-state index in [9.17, 15) is 9.59 Å². The summed E-state index contributed by atoms with van der Waals surface area (Å²) in [6, 6.07) is 12.8. The number of rotatable bonds is 4. The van der Waals surface area contributed by atoms with Crippen LogP contribution in [0.25, 0.3) is 10.8 Å². The highest BCUT2D eigenvalue weighted by molar-refractivity contribution is 6.31. The van der Waals surface area contributed by atoms with E-state index in [2.05, 4.69) is 22.2 Å². The second-order valence-corrected chi connectivity index (χ2v) is 8.39. The van der Waals surface area contributed by atoms with Crippen molar-refractivity contribution in [3.63, 3.8) is 0 Å². The minimum Gasteiger partial charge on any atom is -0.354 e. The maximum absolute atomic E-state index is 13.0. The predicted molar refractivity (Wildman–Crippen MR) is 121 cm³/mol. The zero-order valence-electron chi connectivity index (χ0n) is 17.2. The molecule has 0 aliphatic carbocycles. The first-order valence-electron chi connectivity index (χ1n) is 10.2. The molecule has 4 rings (SSSR count). The summed E-state index contributed by atoms with van der Waals surface area (Å²) in [6.45, 7) is 5.70. The van der Waals surface area contributed by atoms with Gasteiger partial charge in [-0.05, 0) is 49.4 Å². The highest BCUT2D eigenvalue weighted by Crippen LogP contribution is 2.27. The van der Waals surface area contributed by atoms with Crippen LogP contribution in [0.15, 0.2) is 47.3 Å². The van der Waals surface area contributed by atoms with Crippen molar-refractivity contribution in [2.24, 2.45) is 5.92 Å². The summed E-state index contributed by atoms with van der Waals surface area (Å²) in [6.07, 6.45) is 2.28. The molecule has 156 valence electrons. The van der Waals surface area contributed by atoms with Crippen LogP contribution in [0.5, 0.6) is 0 Å². The van der Waals surface area contributed by atoms with Gasteiger partial charge in [-0.2, -0.15) is 5.10 Å². The molecule has 2 heterocycles. The molecule has 0 radical (unpaired) electrons. The molecule has 1 N–H and O–H groups in total. The Hall–Kier alpha value is -2.86. The van der Waals surface area contributed by atoms with Crippen LogP contribution in [0.2, 0.25) is 5.02 Å². The number of carbonyl (C=O) groups is 1. The zero-order chi connectivity index (χ0) is 21.3. The molecular weight excluding hydrogens is 400 g/mol. The topological polar surface area (TPSA) is 67.2 Å². The molecule has 3 aromatic rings. The molecule has 2 aromatic carbocycles. The van der Waals surface area contributed by atoms with E-state index in [1.807, 2.05) is 25.1 Å². The van der Waals surface area contributed by atoms with E-state index in [0.29, 0.717) is 22.0 Å². The van der Waals surface area contributed by atoms with E-state index < -0.39 is 0 Å². The largest absolute Gasteiger partial charge is 0.354 e. The fourth-order valence-electron chi connectivity index (χ4n) is 4.01. The summed E-state index contributed by atoms with van der Waals surface area (Å²) in [5, 5.41) is 9.46. The lowest BCUT2D eigenvalue weighted by Crippen LogP contribution is -2.38. The Bertz CT molecular complexity index is 1160. The lowest BCUT2D eigenvalue weighted by atomic mass is 10.00. The highest BCUT2D eigenvalue weighted by atomic mass is 35.5. The van der Waals surface area contributed by atoms with Crippen molar-refractivity contribution in [2.75, 3.05) is 23.3 Å². The Morgan fingerprint density at radius 3 is 2.73 bits per heavy atom. The number of nitrogens with one attached hydrogen (secondary N) is 1. The molecule has 1 aliphatic rings. The Kier molecular flexibility index (Phi) is 5.77. The molecule has 7 heteroatoms. The smallest absolute Gasteiger partial charge is 0.275 e. The summed E-state index contributed by atoms with van der Waals surface area (Å²) >= 11 is 6.14. The Balaban J connectivity index is 1.68. The molecule has 1 fully saturated rings. The van der Waals surface area contributed by atoms with Gasteiger partial charge in [0.25, 0.3) is 5.56 Å². The quantitative estimate of drug-likeness (QED) is 0.680. The number of hydrogen-bond acceptors (Lipinski definition) is 4. The number of benzene rings is 2. The molecular formula is C23H25ClN4O2. The second-order valence-electron chi connectivity index (χ2n) is 7.99. The third-order valence-corrected chi connectivity index (χ3v) is 6.05. The van der Waals surface area contributed by atoms with Crippen molar-refractivity contribution in [2.45, 2.75) is 33.2 Å². The molecule has 0 unspecified atom stereocenters. The molecule has 1 aromatic heterocycles. The van der Waals surface area contributed by atoms with Crippen LogP contribution in [-0.4, -0.2) is 28.8 Å². The summed E-state index contributed by atoms with van der Waals surface area (Å²) in [5.41, 5.74) is 1.15. The molecule has 0 spiro atoms. The standard InChI is InChI=1S/C23H25ClN4O2/c1-15-7-6-12-27(13-15)22-17-8-3-4-9-18(17)23(30)28(26-22)14-21(29)25-20-11-5-10-19(24)16(20)2/h3-5,8-11,15H,6-7,12-14H2,1-2H3,(H,25,29)/t15-/m0/s1. The van der Waals surface area contributed by atoms with Crippen molar-refractivity contribution in [3.8, 4) is 0 Å². The average Bonchev–Trinajstić information content (AvgIpc) is 2.73. The predicted octanol–water partition coefficient (Wildman–Crippen LogP) is 4.23. The van der Waals surface area contributed by atoms with E-state index in [1.54, 1.807) is 24.3 Å². The number of anilines is 2. The SMILES string of the molecule is Cc1c(Cl)cccc1NC(=O)Cn1nc(N2CCC[C@H](C)C2)c2ccccc2c1=O. The van der Waals surface area contributed by atoms with Gasteiger partial charge in [-0.25, -0.2) is 4.68 Å². The molecule has 6 nitrogen and oxygen atoms in total. The maximum atomic E-state index is 13.0. The normalized spacial score (nSPS) is 16.6. The first-order chi connectivity index (χ1) is 14.4. The zero-order valence-corrected chi connectivity index (χ0v) is 17.9. The summed E-state index contributed by atoms with van der Waals surface area (Å²) in [5.74, 6) is 1.01. The number of piperidine rings is 1. The van der Waals surface area contributed by atoms with E-state index >= 15 is 0 Å². The van der Waals surface area contributed by atoms with Crippen LogP contribution >= 0.6 is 11.6 Å². The van der Waals surface area contributed by atoms with Gasteiger partial charge in [0, 0.05) is 29.2 Å². The number of amides is 1. The fraction of sp³-hybridized carbons (Fsp3) is 0.348. The van der Waals surface area contributed by atoms with Gasteiger partial charge >= 0.3 is 0 Å². The van der Waals surface area contributed by atoms with Crippen LogP contribution in [-0.2, 0) is 11.3 Å². The van der Waals surface area contributed by atoms with Crippen molar-refractivity contribution in [1.82, 2.24) is 9.78 Å². The van der Waals surface area contributed by atoms with E-state index in [0.717, 1.165) is 36.3 Å². The number of aromatic nitrogens is 2. The molecule has 30 heavy (non-hydrogen) atoms. The summed E-state index contributed by atoms with van der Waals surface area (Å²) < 4.78 is 1.27. The van der Waals surface area contributed by atoms with Gasteiger partial charge in [-0.3, -0.25) is 9.59 Å². The van der Waals surface area contributed by atoms with Gasteiger partial charge in [-0.15, -0.1) is 0 Å². The van der Waals surface area contributed by atoms with Crippen molar-refractivity contribution >= 4 is 39.8 Å². The van der Waals surface area contributed by atoms with Crippen LogP contribution in [0.4, 0.5) is 11.5 Å². The maximum Gasteiger partial charge on any atom is 0.275 e. The first-order valence-corrected chi connectivity index (χ1v) is 10.6. The van der Waals surface area contributed by atoms with E-state index in [4.69, 9.17) is 11.6 Å². The minimum atomic E-state index is -0.316. The molecule has 1 amide bonds. The van der Waals surface area contributed by atoms with Crippen LogP contribution in [0, 0.1) is 12.8 Å². The number of halogens is 1. The molecule has 0 bridgehead atoms. The Morgan fingerprint density at radius 1 is 1.20 bits per heavy atom. The number of carbonyl (C=O) groups excluding carboxylic acids is 1. The molecule has 1 saturated heterocycles. The van der Waals surface area contributed by atoms with Crippen molar-refractivity contribution in [3.05, 3.63) is 63.4 Å². The van der Waals surface area contributed by atoms with Crippen molar-refractivity contribution < 1.29 is 4.79 Å². The van der Waals surface area contributed by atoms with Crippen molar-refractivity contribution in [1.29, 1.82) is 0 Å². The lowest BCUT2D eigenvalue weighted by Gasteiger charge is -2.32. The third kappa shape index (κ3) is 4.05. The fourth-order valence-corrected chi connectivity index (χ4v) is 4.18. The number of fused-ring (bicyclic) bond motifs is 1. The lowest BCUT2D eigenvalue weighted by molar-refractivity contribution is -0.117. The minimum absolute atomic E-state index is 0.161. The summed E-state index contributed by atoms with van der Waals surface area (Å²) in [7, 11) is 0. The van der Waals surface area contributed by atoms with Gasteiger partial charge in [0.15, 0.2) is 5.82 Å².